The maximum Gasteiger partial charge on any atom is 0.327 e. The van der Waals surface area contributed by atoms with Gasteiger partial charge in [-0.25, -0.2) is 9.59 Å². The SMILES string of the molecule is O=C(O)C(Cc1ccccc1)N1C(=O)[C@H](Cc2ccc3cccccc2-3)[C@@H]1C(=O)O. The summed E-state index contributed by atoms with van der Waals surface area (Å²) in [6, 6.07) is 20.0. The molecule has 3 aliphatic rings. The molecule has 6 heteroatoms. The molecule has 1 amide bonds. The number of likely N-dealkylation sites (tertiary alicyclic amines) is 1. The minimum atomic E-state index is -1.22. The van der Waals surface area contributed by atoms with Gasteiger partial charge in [0, 0.05) is 6.42 Å². The molecule has 0 radical (unpaired) electrons. The molecule has 1 saturated heterocycles. The van der Waals surface area contributed by atoms with Gasteiger partial charge in [0.2, 0.25) is 5.91 Å². The minimum absolute atomic E-state index is 0.0631. The number of rotatable bonds is 7. The Kier molecular flexibility index (Phi) is 5.23. The number of carboxylic acid groups (broad SMARTS) is 2. The van der Waals surface area contributed by atoms with Crippen LogP contribution < -0.4 is 0 Å². The number of carbonyl (C=O) groups excluding carboxylic acids is 1. The number of amides is 1. The number of fused-ring (bicyclic) bond motifs is 1. The number of benzene rings is 1. The molecule has 2 aliphatic carbocycles. The van der Waals surface area contributed by atoms with Crippen molar-refractivity contribution in [1.82, 2.24) is 4.90 Å². The molecule has 0 saturated carbocycles. The van der Waals surface area contributed by atoms with Gasteiger partial charge >= 0.3 is 11.9 Å². The van der Waals surface area contributed by atoms with E-state index in [9.17, 15) is 24.6 Å². The number of aliphatic carboxylic acids is 2. The van der Waals surface area contributed by atoms with Gasteiger partial charge in [-0.2, -0.15) is 0 Å². The average molecular weight is 403 g/mol. The van der Waals surface area contributed by atoms with Gasteiger partial charge in [-0.15, -0.1) is 0 Å². The Labute approximate surface area is 173 Å². The lowest BCUT2D eigenvalue weighted by Gasteiger charge is -2.47. The van der Waals surface area contributed by atoms with Gasteiger partial charge in [0.15, 0.2) is 0 Å². The number of carboxylic acids is 2. The van der Waals surface area contributed by atoms with Gasteiger partial charge in [0.25, 0.3) is 0 Å². The summed E-state index contributed by atoms with van der Waals surface area (Å²) in [5, 5.41) is 19.5. The van der Waals surface area contributed by atoms with E-state index < -0.39 is 35.8 Å². The van der Waals surface area contributed by atoms with Crippen LogP contribution in [0.3, 0.4) is 0 Å². The molecular weight excluding hydrogens is 382 g/mol. The van der Waals surface area contributed by atoms with Crippen molar-refractivity contribution in [3.63, 3.8) is 0 Å². The monoisotopic (exact) mass is 403 g/mol. The Bertz CT molecular complexity index is 1060. The smallest absolute Gasteiger partial charge is 0.327 e. The Hall–Kier alpha value is -3.67. The predicted octanol–water partition coefficient (Wildman–Crippen LogP) is 2.94. The van der Waals surface area contributed by atoms with Crippen LogP contribution in [0.2, 0.25) is 0 Å². The number of β-lactam (4-membered cyclic amide) rings is 1. The van der Waals surface area contributed by atoms with Crippen molar-refractivity contribution < 1.29 is 24.6 Å². The molecule has 1 heterocycles. The lowest BCUT2D eigenvalue weighted by molar-refractivity contribution is -0.179. The molecule has 1 aromatic rings. The summed E-state index contributed by atoms with van der Waals surface area (Å²) < 4.78 is 0. The summed E-state index contributed by atoms with van der Waals surface area (Å²) >= 11 is 0. The van der Waals surface area contributed by atoms with E-state index >= 15 is 0 Å². The fourth-order valence-electron chi connectivity index (χ4n) is 4.25. The van der Waals surface area contributed by atoms with Crippen molar-refractivity contribution in [2.24, 2.45) is 5.92 Å². The molecule has 3 atom stereocenters. The van der Waals surface area contributed by atoms with Crippen molar-refractivity contribution in [2.45, 2.75) is 24.9 Å². The molecule has 30 heavy (non-hydrogen) atoms. The summed E-state index contributed by atoms with van der Waals surface area (Å²) in [7, 11) is 0. The first-order valence-electron chi connectivity index (χ1n) is 9.75. The fourth-order valence-corrected chi connectivity index (χ4v) is 4.25. The molecule has 0 bridgehead atoms. The highest BCUT2D eigenvalue weighted by Gasteiger charge is 2.55. The molecule has 0 aromatic heterocycles. The van der Waals surface area contributed by atoms with E-state index in [1.54, 1.807) is 24.3 Å². The van der Waals surface area contributed by atoms with E-state index in [1.807, 2.05) is 48.5 Å². The average Bonchev–Trinajstić information content (AvgIpc) is 2.94. The van der Waals surface area contributed by atoms with Gasteiger partial charge in [0.1, 0.15) is 12.1 Å². The zero-order chi connectivity index (χ0) is 21.3. The first-order chi connectivity index (χ1) is 14.5. The lowest BCUT2D eigenvalue weighted by Crippen LogP contribution is -2.69. The van der Waals surface area contributed by atoms with Crippen LogP contribution in [0.4, 0.5) is 0 Å². The summed E-state index contributed by atoms with van der Waals surface area (Å²) in [4.78, 5) is 37.8. The van der Waals surface area contributed by atoms with Crippen LogP contribution in [-0.4, -0.2) is 45.0 Å². The van der Waals surface area contributed by atoms with Crippen LogP contribution in [0.15, 0.2) is 72.8 Å². The molecule has 1 aliphatic heterocycles. The third-order valence-electron chi connectivity index (χ3n) is 5.72. The largest absolute Gasteiger partial charge is 0.480 e. The predicted molar refractivity (Wildman–Crippen MR) is 110 cm³/mol. The number of carbonyl (C=O) groups is 3. The highest BCUT2D eigenvalue weighted by Crippen LogP contribution is 2.37. The third kappa shape index (κ3) is 3.52. The second-order valence-electron chi connectivity index (χ2n) is 7.52. The zero-order valence-electron chi connectivity index (χ0n) is 16.1. The Morgan fingerprint density at radius 2 is 1.57 bits per heavy atom. The highest BCUT2D eigenvalue weighted by molar-refractivity contribution is 5.99. The minimum Gasteiger partial charge on any atom is -0.480 e. The normalized spacial score (nSPS) is 19.3. The van der Waals surface area contributed by atoms with E-state index in [-0.39, 0.29) is 12.8 Å². The maximum atomic E-state index is 12.9. The van der Waals surface area contributed by atoms with E-state index in [0.29, 0.717) is 0 Å². The highest BCUT2D eigenvalue weighted by atomic mass is 16.4. The molecule has 152 valence electrons. The topological polar surface area (TPSA) is 94.9 Å². The quantitative estimate of drug-likeness (QED) is 0.592. The number of hydrogen-bond donors (Lipinski definition) is 2. The van der Waals surface area contributed by atoms with E-state index in [2.05, 4.69) is 0 Å². The summed E-state index contributed by atoms with van der Waals surface area (Å²) in [5.41, 5.74) is 3.60. The van der Waals surface area contributed by atoms with Gasteiger partial charge in [0.05, 0.1) is 5.92 Å². The molecule has 1 fully saturated rings. The first-order valence-corrected chi connectivity index (χ1v) is 9.75. The van der Waals surface area contributed by atoms with Gasteiger partial charge < -0.3 is 15.1 Å². The van der Waals surface area contributed by atoms with Gasteiger partial charge in [-0.3, -0.25) is 4.79 Å². The molecule has 1 aromatic carbocycles. The summed E-state index contributed by atoms with van der Waals surface area (Å²) in [6.07, 6.45) is 0.324. The van der Waals surface area contributed by atoms with Crippen molar-refractivity contribution in [3.05, 3.63) is 83.9 Å². The molecule has 4 rings (SSSR count). The molecule has 6 nitrogen and oxygen atoms in total. The second kappa shape index (κ2) is 7.99. The van der Waals surface area contributed by atoms with Crippen LogP contribution in [0, 0.1) is 5.92 Å². The molecular formula is C24H21NO5. The first kappa shape index (κ1) is 19.6. The van der Waals surface area contributed by atoms with Crippen molar-refractivity contribution in [3.8, 4) is 11.1 Å². The summed E-state index contributed by atoms with van der Waals surface area (Å²) in [6.45, 7) is 0. The van der Waals surface area contributed by atoms with Crippen LogP contribution in [0.1, 0.15) is 11.1 Å². The van der Waals surface area contributed by atoms with E-state index in [0.717, 1.165) is 27.2 Å². The van der Waals surface area contributed by atoms with Crippen molar-refractivity contribution >= 4 is 17.8 Å². The summed E-state index contributed by atoms with van der Waals surface area (Å²) in [5.74, 6) is -3.60. The van der Waals surface area contributed by atoms with Crippen LogP contribution in [0.5, 0.6) is 0 Å². The maximum absolute atomic E-state index is 12.9. The second-order valence-corrected chi connectivity index (χ2v) is 7.52. The standard InChI is InChI=1S/C24H21NO5/c26-22-19(14-17-12-11-16-9-5-2-6-10-18(16)17)21(24(29)30)25(22)20(23(27)28)13-15-7-3-1-4-8-15/h1-12,19-21H,13-14H2,(H,27,28)(H,29,30)/t19-,20?,21-/m1/s1. The number of hydrogen-bond acceptors (Lipinski definition) is 3. The molecule has 0 spiro atoms. The van der Waals surface area contributed by atoms with Crippen LogP contribution in [-0.2, 0) is 27.2 Å². The molecule has 2 N–H and O–H groups in total. The zero-order valence-corrected chi connectivity index (χ0v) is 16.1. The van der Waals surface area contributed by atoms with Crippen LogP contribution in [0.25, 0.3) is 11.1 Å². The van der Waals surface area contributed by atoms with E-state index in [1.165, 1.54) is 0 Å². The lowest BCUT2D eigenvalue weighted by atomic mass is 9.80. The third-order valence-corrected chi connectivity index (χ3v) is 5.72. The Morgan fingerprint density at radius 1 is 0.900 bits per heavy atom. The molecule has 1 unspecified atom stereocenters. The fraction of sp³-hybridized carbons (Fsp3) is 0.208. The Balaban J connectivity index is 1.59. The van der Waals surface area contributed by atoms with E-state index in [4.69, 9.17) is 0 Å². The van der Waals surface area contributed by atoms with Crippen molar-refractivity contribution in [1.29, 1.82) is 0 Å². The van der Waals surface area contributed by atoms with Gasteiger partial charge in [-0.1, -0.05) is 72.8 Å². The van der Waals surface area contributed by atoms with Crippen LogP contribution >= 0.6 is 0 Å². The van der Waals surface area contributed by atoms with Gasteiger partial charge in [-0.05, 0) is 28.7 Å². The number of nitrogens with zero attached hydrogens (tertiary/aromatic N) is 1. The Morgan fingerprint density at radius 3 is 2.23 bits per heavy atom. The van der Waals surface area contributed by atoms with Crippen molar-refractivity contribution in [2.75, 3.05) is 0 Å².